The molecule has 5 heteroatoms. The van der Waals surface area contributed by atoms with Crippen LogP contribution in [0.15, 0.2) is 0 Å². The van der Waals surface area contributed by atoms with Gasteiger partial charge >= 0.3 is 6.18 Å². The van der Waals surface area contributed by atoms with Crippen molar-refractivity contribution in [2.45, 2.75) is 57.3 Å². The number of halogens is 3. The van der Waals surface area contributed by atoms with Gasteiger partial charge in [0.05, 0.1) is 12.5 Å². The maximum Gasteiger partial charge on any atom is 0.391 e. The maximum absolute atomic E-state index is 12.4. The summed E-state index contributed by atoms with van der Waals surface area (Å²) in [5, 5.41) is 12.2. The molecule has 1 aliphatic carbocycles. The molecule has 0 saturated heterocycles. The second kappa shape index (κ2) is 5.87. The minimum Gasteiger partial charge on any atom is -0.395 e. The Kier molecular flexibility index (Phi) is 5.05. The van der Waals surface area contributed by atoms with Gasteiger partial charge in [0.2, 0.25) is 0 Å². The van der Waals surface area contributed by atoms with Crippen molar-refractivity contribution in [3.8, 4) is 0 Å². The number of hydrogen-bond acceptors (Lipinski definition) is 2. The van der Waals surface area contributed by atoms with Gasteiger partial charge in [0.25, 0.3) is 0 Å². The van der Waals surface area contributed by atoms with E-state index in [1.165, 1.54) is 0 Å². The van der Waals surface area contributed by atoms with Crippen LogP contribution in [0, 0.1) is 5.92 Å². The Balaban J connectivity index is 2.32. The van der Waals surface area contributed by atoms with E-state index in [1.807, 2.05) is 6.92 Å². The van der Waals surface area contributed by atoms with E-state index in [-0.39, 0.29) is 31.5 Å². The zero-order chi connectivity index (χ0) is 12.2. The first kappa shape index (κ1) is 13.8. The van der Waals surface area contributed by atoms with Gasteiger partial charge in [-0.1, -0.05) is 6.92 Å². The summed E-state index contributed by atoms with van der Waals surface area (Å²) in [6.07, 6.45) is -1.70. The van der Waals surface area contributed by atoms with Crippen molar-refractivity contribution in [1.82, 2.24) is 5.32 Å². The molecule has 0 aromatic heterocycles. The molecular weight excluding hydrogens is 219 g/mol. The van der Waals surface area contributed by atoms with Crippen molar-refractivity contribution < 1.29 is 18.3 Å². The van der Waals surface area contributed by atoms with E-state index in [0.29, 0.717) is 12.8 Å². The monoisotopic (exact) mass is 239 g/mol. The van der Waals surface area contributed by atoms with Crippen molar-refractivity contribution in [1.29, 1.82) is 0 Å². The second-order valence-corrected chi connectivity index (χ2v) is 4.54. The van der Waals surface area contributed by atoms with Crippen LogP contribution in [0.1, 0.15) is 39.0 Å². The van der Waals surface area contributed by atoms with E-state index in [0.717, 1.165) is 6.42 Å². The second-order valence-electron chi connectivity index (χ2n) is 4.54. The first-order chi connectivity index (χ1) is 7.47. The predicted molar refractivity (Wildman–Crippen MR) is 56.1 cm³/mol. The Morgan fingerprint density at radius 2 is 1.81 bits per heavy atom. The van der Waals surface area contributed by atoms with Crippen molar-refractivity contribution in [2.24, 2.45) is 5.92 Å². The van der Waals surface area contributed by atoms with Gasteiger partial charge in [0, 0.05) is 12.1 Å². The molecule has 0 heterocycles. The standard InChI is InChI=1S/C11H20F3NO/c1-2-9(7-16)15-10-5-3-8(4-6-10)11(12,13)14/h8-10,15-16H,2-7H2,1H3. The van der Waals surface area contributed by atoms with Crippen LogP contribution in [0.3, 0.4) is 0 Å². The Bertz CT molecular complexity index is 196. The summed E-state index contributed by atoms with van der Waals surface area (Å²) < 4.78 is 37.2. The van der Waals surface area contributed by atoms with E-state index < -0.39 is 12.1 Å². The predicted octanol–water partition coefficient (Wildman–Crippen LogP) is 2.47. The number of aliphatic hydroxyl groups is 1. The molecule has 1 fully saturated rings. The van der Waals surface area contributed by atoms with Gasteiger partial charge in [-0.05, 0) is 32.1 Å². The van der Waals surface area contributed by atoms with Gasteiger partial charge in [-0.3, -0.25) is 0 Å². The number of nitrogens with one attached hydrogen (secondary N) is 1. The quantitative estimate of drug-likeness (QED) is 0.790. The number of aliphatic hydroxyl groups excluding tert-OH is 1. The topological polar surface area (TPSA) is 32.3 Å². The molecule has 96 valence electrons. The van der Waals surface area contributed by atoms with E-state index in [9.17, 15) is 13.2 Å². The molecule has 1 atom stereocenters. The lowest BCUT2D eigenvalue weighted by molar-refractivity contribution is -0.182. The van der Waals surface area contributed by atoms with Crippen LogP contribution in [-0.2, 0) is 0 Å². The molecule has 2 N–H and O–H groups in total. The van der Waals surface area contributed by atoms with Gasteiger partial charge in [-0.25, -0.2) is 0 Å². The number of rotatable bonds is 4. The van der Waals surface area contributed by atoms with Crippen molar-refractivity contribution in [3.63, 3.8) is 0 Å². The summed E-state index contributed by atoms with van der Waals surface area (Å²) in [5.74, 6) is -1.13. The average molecular weight is 239 g/mol. The summed E-state index contributed by atoms with van der Waals surface area (Å²) in [6, 6.07) is 0.156. The van der Waals surface area contributed by atoms with Crippen LogP contribution in [-0.4, -0.2) is 30.0 Å². The SMILES string of the molecule is CCC(CO)NC1CCC(C(F)(F)F)CC1. The first-order valence-electron chi connectivity index (χ1n) is 5.91. The molecule has 2 nitrogen and oxygen atoms in total. The Morgan fingerprint density at radius 1 is 1.25 bits per heavy atom. The van der Waals surface area contributed by atoms with Crippen molar-refractivity contribution in [2.75, 3.05) is 6.61 Å². The fourth-order valence-corrected chi connectivity index (χ4v) is 2.22. The van der Waals surface area contributed by atoms with Crippen molar-refractivity contribution >= 4 is 0 Å². The highest BCUT2D eigenvalue weighted by molar-refractivity contribution is 4.82. The van der Waals surface area contributed by atoms with E-state index >= 15 is 0 Å². The molecule has 0 spiro atoms. The molecular formula is C11H20F3NO. The molecule has 16 heavy (non-hydrogen) atoms. The molecule has 1 aliphatic rings. The molecule has 1 saturated carbocycles. The van der Waals surface area contributed by atoms with Crippen LogP contribution in [0.5, 0.6) is 0 Å². The van der Waals surface area contributed by atoms with Gasteiger partial charge in [-0.15, -0.1) is 0 Å². The normalized spacial score (nSPS) is 29.1. The maximum atomic E-state index is 12.4. The van der Waals surface area contributed by atoms with Gasteiger partial charge in [0.1, 0.15) is 0 Å². The van der Waals surface area contributed by atoms with Crippen molar-refractivity contribution in [3.05, 3.63) is 0 Å². The highest BCUT2D eigenvalue weighted by Gasteiger charge is 2.41. The lowest BCUT2D eigenvalue weighted by Gasteiger charge is -2.32. The lowest BCUT2D eigenvalue weighted by atomic mass is 9.85. The summed E-state index contributed by atoms with van der Waals surface area (Å²) in [4.78, 5) is 0. The highest BCUT2D eigenvalue weighted by atomic mass is 19.4. The highest BCUT2D eigenvalue weighted by Crippen LogP contribution is 2.37. The molecule has 0 aromatic rings. The third-order valence-corrected chi connectivity index (χ3v) is 3.37. The fraction of sp³-hybridized carbons (Fsp3) is 1.00. The minimum atomic E-state index is -4.04. The molecule has 0 bridgehead atoms. The summed E-state index contributed by atoms with van der Waals surface area (Å²) in [5.41, 5.74) is 0. The van der Waals surface area contributed by atoms with Crippen LogP contribution in [0.4, 0.5) is 13.2 Å². The van der Waals surface area contributed by atoms with Crippen LogP contribution in [0.25, 0.3) is 0 Å². The Labute approximate surface area is 94.2 Å². The minimum absolute atomic E-state index is 0.0208. The fourth-order valence-electron chi connectivity index (χ4n) is 2.22. The first-order valence-corrected chi connectivity index (χ1v) is 5.91. The summed E-state index contributed by atoms with van der Waals surface area (Å²) >= 11 is 0. The summed E-state index contributed by atoms with van der Waals surface area (Å²) in [7, 11) is 0. The molecule has 0 aliphatic heterocycles. The van der Waals surface area contributed by atoms with Crippen LogP contribution >= 0.6 is 0 Å². The van der Waals surface area contributed by atoms with Crippen LogP contribution in [0.2, 0.25) is 0 Å². The smallest absolute Gasteiger partial charge is 0.391 e. The molecule has 0 radical (unpaired) electrons. The molecule has 0 amide bonds. The van der Waals surface area contributed by atoms with Crippen LogP contribution < -0.4 is 5.32 Å². The van der Waals surface area contributed by atoms with E-state index in [2.05, 4.69) is 5.32 Å². The third-order valence-electron chi connectivity index (χ3n) is 3.37. The summed E-state index contributed by atoms with van der Waals surface area (Å²) in [6.45, 7) is 2.00. The third kappa shape index (κ3) is 3.94. The number of alkyl halides is 3. The molecule has 0 aromatic carbocycles. The Hall–Kier alpha value is -0.290. The largest absolute Gasteiger partial charge is 0.395 e. The zero-order valence-electron chi connectivity index (χ0n) is 9.56. The van der Waals surface area contributed by atoms with Gasteiger partial charge < -0.3 is 10.4 Å². The van der Waals surface area contributed by atoms with E-state index in [4.69, 9.17) is 5.11 Å². The van der Waals surface area contributed by atoms with E-state index in [1.54, 1.807) is 0 Å². The zero-order valence-corrected chi connectivity index (χ0v) is 9.56. The average Bonchev–Trinajstić information content (AvgIpc) is 2.25. The van der Waals surface area contributed by atoms with Gasteiger partial charge in [0.15, 0.2) is 0 Å². The van der Waals surface area contributed by atoms with Gasteiger partial charge in [-0.2, -0.15) is 13.2 Å². The number of hydrogen-bond donors (Lipinski definition) is 2. The molecule has 1 unspecified atom stereocenters. The lowest BCUT2D eigenvalue weighted by Crippen LogP contribution is -2.43. The Morgan fingerprint density at radius 3 is 2.19 bits per heavy atom. The molecule has 1 rings (SSSR count).